The number of aromatic nitrogens is 2. The van der Waals surface area contributed by atoms with Crippen LogP contribution in [0.25, 0.3) is 0 Å². The summed E-state index contributed by atoms with van der Waals surface area (Å²) in [5, 5.41) is 6.20. The first-order valence-corrected chi connectivity index (χ1v) is 4.75. The van der Waals surface area contributed by atoms with Crippen LogP contribution >= 0.6 is 0 Å². The Bertz CT molecular complexity index is 249. The van der Waals surface area contributed by atoms with E-state index in [1.165, 1.54) is 0 Å². The summed E-state index contributed by atoms with van der Waals surface area (Å²) in [6.45, 7) is 4.80. The minimum atomic E-state index is -0.414. The van der Waals surface area contributed by atoms with E-state index < -0.39 is 5.82 Å². The highest BCUT2D eigenvalue weighted by Crippen LogP contribution is 1.97. The highest BCUT2D eigenvalue weighted by Gasteiger charge is 1.94. The lowest BCUT2D eigenvalue weighted by atomic mass is 10.4. The molecule has 5 heteroatoms. The predicted octanol–water partition coefficient (Wildman–Crippen LogP) is 1.03. The average molecular weight is 198 g/mol. The average Bonchev–Trinajstić information content (AvgIpc) is 2.21. The monoisotopic (exact) mass is 198 g/mol. The lowest BCUT2D eigenvalue weighted by Crippen LogP contribution is -2.17. The number of nitrogens with one attached hydrogen (secondary N) is 2. The molecule has 0 aliphatic heterocycles. The molecule has 0 bridgehead atoms. The lowest BCUT2D eigenvalue weighted by Gasteiger charge is -2.04. The van der Waals surface area contributed by atoms with Crippen molar-refractivity contribution in [3.8, 4) is 0 Å². The first-order valence-electron chi connectivity index (χ1n) is 4.75. The molecule has 1 heterocycles. The number of hydrogen-bond acceptors (Lipinski definition) is 4. The molecule has 78 valence electrons. The summed E-state index contributed by atoms with van der Waals surface area (Å²) in [4.78, 5) is 7.56. The molecule has 14 heavy (non-hydrogen) atoms. The molecule has 0 aliphatic rings. The van der Waals surface area contributed by atoms with Gasteiger partial charge in [0.2, 0.25) is 5.95 Å². The van der Waals surface area contributed by atoms with Crippen molar-refractivity contribution in [3.05, 3.63) is 18.2 Å². The molecule has 1 rings (SSSR count). The molecule has 0 aliphatic carbocycles. The molecule has 1 aromatic heterocycles. The van der Waals surface area contributed by atoms with E-state index >= 15 is 0 Å². The number of anilines is 1. The van der Waals surface area contributed by atoms with E-state index in [2.05, 4.69) is 27.5 Å². The SMILES string of the molecule is CCNCCCNc1ncc(F)cn1. The summed E-state index contributed by atoms with van der Waals surface area (Å²) < 4.78 is 12.4. The van der Waals surface area contributed by atoms with Gasteiger partial charge >= 0.3 is 0 Å². The van der Waals surface area contributed by atoms with Gasteiger partial charge in [0, 0.05) is 6.54 Å². The van der Waals surface area contributed by atoms with Crippen LogP contribution in [0.1, 0.15) is 13.3 Å². The zero-order chi connectivity index (χ0) is 10.2. The zero-order valence-electron chi connectivity index (χ0n) is 8.26. The van der Waals surface area contributed by atoms with E-state index in [0.717, 1.165) is 38.4 Å². The molecule has 1 aromatic rings. The van der Waals surface area contributed by atoms with E-state index in [1.54, 1.807) is 0 Å². The van der Waals surface area contributed by atoms with Gasteiger partial charge in [0.1, 0.15) is 0 Å². The van der Waals surface area contributed by atoms with Gasteiger partial charge in [-0.1, -0.05) is 6.92 Å². The molecule has 0 fully saturated rings. The van der Waals surface area contributed by atoms with Gasteiger partial charge in [-0.25, -0.2) is 14.4 Å². The highest BCUT2D eigenvalue weighted by molar-refractivity contribution is 5.21. The quantitative estimate of drug-likeness (QED) is 0.670. The molecule has 0 saturated carbocycles. The largest absolute Gasteiger partial charge is 0.354 e. The van der Waals surface area contributed by atoms with Gasteiger partial charge in [-0.2, -0.15) is 0 Å². The van der Waals surface area contributed by atoms with E-state index in [9.17, 15) is 4.39 Å². The molecule has 0 radical (unpaired) electrons. The van der Waals surface area contributed by atoms with Crippen LogP contribution in [0.5, 0.6) is 0 Å². The second kappa shape index (κ2) is 6.26. The number of halogens is 1. The summed E-state index contributed by atoms with van der Waals surface area (Å²) >= 11 is 0. The Morgan fingerprint density at radius 2 is 2.00 bits per heavy atom. The summed E-state index contributed by atoms with van der Waals surface area (Å²) in [5.74, 6) is 0.0612. The smallest absolute Gasteiger partial charge is 0.222 e. The van der Waals surface area contributed by atoms with Gasteiger partial charge in [-0.3, -0.25) is 0 Å². The van der Waals surface area contributed by atoms with Crippen LogP contribution in [-0.2, 0) is 0 Å². The molecule has 0 unspecified atom stereocenters. The van der Waals surface area contributed by atoms with Gasteiger partial charge < -0.3 is 10.6 Å². The topological polar surface area (TPSA) is 49.8 Å². The van der Waals surface area contributed by atoms with Crippen molar-refractivity contribution >= 4 is 5.95 Å². The van der Waals surface area contributed by atoms with Crippen LogP contribution < -0.4 is 10.6 Å². The van der Waals surface area contributed by atoms with Crippen molar-refractivity contribution in [3.63, 3.8) is 0 Å². The van der Waals surface area contributed by atoms with Crippen molar-refractivity contribution < 1.29 is 4.39 Å². The molecule has 0 aromatic carbocycles. The van der Waals surface area contributed by atoms with Gasteiger partial charge in [0.15, 0.2) is 5.82 Å². The standard InChI is InChI=1S/C9H15FN4/c1-2-11-4-3-5-12-9-13-6-8(10)7-14-9/h6-7,11H,2-5H2,1H3,(H,12,13,14). The Morgan fingerprint density at radius 1 is 1.29 bits per heavy atom. The fraction of sp³-hybridized carbons (Fsp3) is 0.556. The lowest BCUT2D eigenvalue weighted by molar-refractivity contribution is 0.613. The first-order chi connectivity index (χ1) is 6.83. The third-order valence-corrected chi connectivity index (χ3v) is 1.68. The minimum Gasteiger partial charge on any atom is -0.354 e. The maximum atomic E-state index is 12.4. The van der Waals surface area contributed by atoms with Crippen LogP contribution in [-0.4, -0.2) is 29.6 Å². The Morgan fingerprint density at radius 3 is 2.64 bits per heavy atom. The molecule has 0 spiro atoms. The third-order valence-electron chi connectivity index (χ3n) is 1.68. The summed E-state index contributed by atoms with van der Waals surface area (Å²) in [6.07, 6.45) is 3.30. The molecule has 0 amide bonds. The molecular weight excluding hydrogens is 183 g/mol. The van der Waals surface area contributed by atoms with Gasteiger partial charge in [-0.15, -0.1) is 0 Å². The van der Waals surface area contributed by atoms with E-state index in [1.807, 2.05) is 0 Å². The Kier molecular flexibility index (Phi) is 4.85. The van der Waals surface area contributed by atoms with Gasteiger partial charge in [0.05, 0.1) is 12.4 Å². The predicted molar refractivity (Wildman–Crippen MR) is 53.6 cm³/mol. The van der Waals surface area contributed by atoms with Crippen molar-refractivity contribution in [2.45, 2.75) is 13.3 Å². The summed E-state index contributed by atoms with van der Waals surface area (Å²) in [6, 6.07) is 0. The Balaban J connectivity index is 2.15. The summed E-state index contributed by atoms with van der Waals surface area (Å²) in [7, 11) is 0. The maximum absolute atomic E-state index is 12.4. The van der Waals surface area contributed by atoms with E-state index in [-0.39, 0.29) is 0 Å². The fourth-order valence-corrected chi connectivity index (χ4v) is 0.994. The molecular formula is C9H15FN4. The highest BCUT2D eigenvalue weighted by atomic mass is 19.1. The molecule has 4 nitrogen and oxygen atoms in total. The van der Waals surface area contributed by atoms with Crippen LogP contribution in [0.4, 0.5) is 10.3 Å². The molecule has 2 N–H and O–H groups in total. The van der Waals surface area contributed by atoms with Crippen molar-refractivity contribution in [2.75, 3.05) is 25.0 Å². The number of hydrogen-bond donors (Lipinski definition) is 2. The normalized spacial score (nSPS) is 10.1. The molecule has 0 saturated heterocycles. The van der Waals surface area contributed by atoms with E-state index in [4.69, 9.17) is 0 Å². The second-order valence-electron chi connectivity index (χ2n) is 2.86. The Hall–Kier alpha value is -1.23. The van der Waals surface area contributed by atoms with Gasteiger partial charge in [-0.05, 0) is 19.5 Å². The van der Waals surface area contributed by atoms with Crippen LogP contribution in [0.3, 0.4) is 0 Å². The zero-order valence-corrected chi connectivity index (χ0v) is 8.26. The maximum Gasteiger partial charge on any atom is 0.222 e. The van der Waals surface area contributed by atoms with Crippen LogP contribution in [0.15, 0.2) is 12.4 Å². The first kappa shape index (κ1) is 10.8. The van der Waals surface area contributed by atoms with Crippen molar-refractivity contribution in [2.24, 2.45) is 0 Å². The number of rotatable bonds is 6. The van der Waals surface area contributed by atoms with Crippen molar-refractivity contribution in [1.82, 2.24) is 15.3 Å². The van der Waals surface area contributed by atoms with Crippen LogP contribution in [0, 0.1) is 5.82 Å². The number of nitrogens with zero attached hydrogens (tertiary/aromatic N) is 2. The van der Waals surface area contributed by atoms with Gasteiger partial charge in [0.25, 0.3) is 0 Å². The Labute approximate surface area is 83.0 Å². The molecule has 0 atom stereocenters. The minimum absolute atomic E-state index is 0.414. The summed E-state index contributed by atoms with van der Waals surface area (Å²) in [5.41, 5.74) is 0. The van der Waals surface area contributed by atoms with E-state index in [0.29, 0.717) is 5.95 Å². The fourth-order valence-electron chi connectivity index (χ4n) is 0.994. The third kappa shape index (κ3) is 4.13. The van der Waals surface area contributed by atoms with Crippen molar-refractivity contribution in [1.29, 1.82) is 0 Å². The van der Waals surface area contributed by atoms with Crippen LogP contribution in [0.2, 0.25) is 0 Å². The second-order valence-corrected chi connectivity index (χ2v) is 2.86.